The van der Waals surface area contributed by atoms with Gasteiger partial charge in [-0.25, -0.2) is 4.39 Å². The number of rotatable bonds is 9. The molecule has 3 aromatic carbocycles. The van der Waals surface area contributed by atoms with E-state index in [4.69, 9.17) is 9.47 Å². The third-order valence-corrected chi connectivity index (χ3v) is 10.0. The van der Waals surface area contributed by atoms with Crippen LogP contribution in [0.1, 0.15) is 61.5 Å². The minimum Gasteiger partial charge on any atom is -0.497 e. The third-order valence-electron chi connectivity index (χ3n) is 10.0. The van der Waals surface area contributed by atoms with Gasteiger partial charge in [-0.05, 0) is 74.7 Å². The number of benzene rings is 3. The van der Waals surface area contributed by atoms with Gasteiger partial charge in [-0.3, -0.25) is 14.4 Å². The van der Waals surface area contributed by atoms with Gasteiger partial charge in [0.25, 0.3) is 11.8 Å². The number of ether oxygens (including phenoxy) is 2. The van der Waals surface area contributed by atoms with Crippen molar-refractivity contribution in [1.82, 2.24) is 4.90 Å². The van der Waals surface area contributed by atoms with Crippen LogP contribution in [0.15, 0.2) is 72.8 Å². The Hall–Kier alpha value is -4.28. The molecule has 0 saturated carbocycles. The number of hydrogen-bond acceptors (Lipinski definition) is 6. The van der Waals surface area contributed by atoms with Gasteiger partial charge in [0.1, 0.15) is 11.4 Å². The van der Waals surface area contributed by atoms with Crippen LogP contribution in [0.3, 0.4) is 0 Å². The molecule has 3 aliphatic heterocycles. The fraction of sp³-hybridized carbons (Fsp3) is 0.432. The van der Waals surface area contributed by atoms with Gasteiger partial charge in [-0.1, -0.05) is 37.3 Å². The lowest BCUT2D eigenvalue weighted by atomic mass is 9.71. The Labute approximate surface area is 274 Å². The first kappa shape index (κ1) is 32.7. The van der Waals surface area contributed by atoms with Crippen molar-refractivity contribution in [2.75, 3.05) is 30.5 Å². The summed E-state index contributed by atoms with van der Waals surface area (Å²) in [5.41, 5.74) is -0.0692. The average molecular weight is 644 g/mol. The molecule has 2 fully saturated rings. The molecule has 0 radical (unpaired) electrons. The van der Waals surface area contributed by atoms with Crippen molar-refractivity contribution in [3.8, 4) is 5.75 Å². The Morgan fingerprint density at radius 1 is 1.11 bits per heavy atom. The number of nitrogens with one attached hydrogen (secondary N) is 1. The number of carbonyl (C=O) groups excluding carboxylic acids is 3. The first-order chi connectivity index (χ1) is 22.5. The lowest BCUT2D eigenvalue weighted by Crippen LogP contribution is -2.45. The number of hydrogen-bond donors (Lipinski definition) is 2. The molecule has 1 spiro atoms. The molecule has 0 aromatic heterocycles. The smallest absolute Gasteiger partial charge is 0.264 e. The molecule has 0 unspecified atom stereocenters. The van der Waals surface area contributed by atoms with E-state index in [1.165, 1.54) is 13.8 Å². The van der Waals surface area contributed by atoms with E-state index in [0.717, 1.165) is 18.4 Å². The van der Waals surface area contributed by atoms with Crippen LogP contribution >= 0.6 is 0 Å². The SMILES string of the molecule is COc1ccc(C(=O)Nc2cccc(CN3C(=O)[C@@]4(O[C@@H](CC(=O)N5CCC[C@H]5CO)[C@H](C(C)(C)F)[C@H]4C)c4ccccc43)c2)cc1. The van der Waals surface area contributed by atoms with Crippen LogP contribution in [-0.2, 0) is 26.5 Å². The van der Waals surface area contributed by atoms with Crippen molar-refractivity contribution in [2.45, 2.75) is 70.0 Å². The Kier molecular flexibility index (Phi) is 8.84. The molecular formula is C37H42FN3O6. The highest BCUT2D eigenvalue weighted by Gasteiger charge is 2.66. The monoisotopic (exact) mass is 643 g/mol. The standard InChI is InChI=1S/C37H42FN3O6/c1-23-33(36(2,3)38)31(20-32(43)40-18-8-11-27(40)22-42)47-37(23)29-12-5-6-13-30(29)41(35(37)45)21-24-9-7-10-26(19-24)39-34(44)25-14-16-28(46-4)17-15-25/h5-7,9-10,12-17,19,23,27,31,33,42H,8,11,18,20-22H2,1-4H3,(H,39,44)/t23-,27+,31+,33-,37+/m1/s1. The molecule has 2 saturated heterocycles. The van der Waals surface area contributed by atoms with E-state index in [-0.39, 0.29) is 43.3 Å². The second kappa shape index (κ2) is 12.7. The van der Waals surface area contributed by atoms with Gasteiger partial charge in [-0.15, -0.1) is 0 Å². The van der Waals surface area contributed by atoms with Crippen LogP contribution in [0, 0.1) is 11.8 Å². The van der Waals surface area contributed by atoms with E-state index in [2.05, 4.69) is 5.32 Å². The summed E-state index contributed by atoms with van der Waals surface area (Å²) >= 11 is 0. The van der Waals surface area contributed by atoms with Gasteiger partial charge < -0.3 is 29.7 Å². The summed E-state index contributed by atoms with van der Waals surface area (Å²) in [5.74, 6) is -1.46. The van der Waals surface area contributed by atoms with Crippen LogP contribution in [0.2, 0.25) is 0 Å². The van der Waals surface area contributed by atoms with Crippen molar-refractivity contribution in [3.05, 3.63) is 89.5 Å². The predicted molar refractivity (Wildman–Crippen MR) is 176 cm³/mol. The van der Waals surface area contributed by atoms with Crippen LogP contribution < -0.4 is 15.0 Å². The maximum Gasteiger partial charge on any atom is 0.264 e. The average Bonchev–Trinajstić information content (AvgIpc) is 3.72. The maximum absolute atomic E-state index is 16.0. The van der Waals surface area contributed by atoms with Crippen molar-refractivity contribution in [2.24, 2.45) is 11.8 Å². The lowest BCUT2D eigenvalue weighted by Gasteiger charge is -2.32. The molecule has 5 atom stereocenters. The molecular weight excluding hydrogens is 601 g/mol. The molecule has 0 bridgehead atoms. The molecule has 248 valence electrons. The molecule has 3 heterocycles. The minimum atomic E-state index is -1.74. The number of nitrogens with zero attached hydrogens (tertiary/aromatic N) is 2. The van der Waals surface area contributed by atoms with Gasteiger partial charge in [0.05, 0.1) is 44.5 Å². The number of halogens is 1. The lowest BCUT2D eigenvalue weighted by molar-refractivity contribution is -0.150. The zero-order valence-electron chi connectivity index (χ0n) is 27.2. The minimum absolute atomic E-state index is 0.0774. The summed E-state index contributed by atoms with van der Waals surface area (Å²) in [4.78, 5) is 44.4. The number of carbonyl (C=O) groups is 3. The summed E-state index contributed by atoms with van der Waals surface area (Å²) in [6, 6.07) is 21.3. The van der Waals surface area contributed by atoms with Crippen LogP contribution in [-0.4, -0.2) is 65.8 Å². The summed E-state index contributed by atoms with van der Waals surface area (Å²) in [5, 5.41) is 12.7. The van der Waals surface area contributed by atoms with Crippen molar-refractivity contribution in [1.29, 1.82) is 0 Å². The first-order valence-electron chi connectivity index (χ1n) is 16.2. The number of likely N-dealkylation sites (tertiary alicyclic amines) is 1. The van der Waals surface area contributed by atoms with Crippen LogP contribution in [0.25, 0.3) is 0 Å². The van der Waals surface area contributed by atoms with Crippen molar-refractivity contribution < 1.29 is 33.4 Å². The largest absolute Gasteiger partial charge is 0.497 e. The van der Waals surface area contributed by atoms with E-state index in [1.54, 1.807) is 47.2 Å². The number of alkyl halides is 1. The number of aliphatic hydroxyl groups is 1. The molecule has 47 heavy (non-hydrogen) atoms. The van der Waals surface area contributed by atoms with Gasteiger partial charge >= 0.3 is 0 Å². The first-order valence-corrected chi connectivity index (χ1v) is 16.2. The van der Waals surface area contributed by atoms with Gasteiger partial charge in [0.15, 0.2) is 5.60 Å². The molecule has 6 rings (SSSR count). The Morgan fingerprint density at radius 2 is 1.85 bits per heavy atom. The van der Waals surface area contributed by atoms with E-state index < -0.39 is 29.2 Å². The van der Waals surface area contributed by atoms with Crippen molar-refractivity contribution in [3.63, 3.8) is 0 Å². The summed E-state index contributed by atoms with van der Waals surface area (Å²) < 4.78 is 27.9. The van der Waals surface area contributed by atoms with E-state index in [0.29, 0.717) is 34.8 Å². The molecule has 2 N–H and O–H groups in total. The van der Waals surface area contributed by atoms with E-state index in [1.807, 2.05) is 49.4 Å². The molecule has 9 nitrogen and oxygen atoms in total. The fourth-order valence-corrected chi connectivity index (χ4v) is 7.88. The van der Waals surface area contributed by atoms with Gasteiger partial charge in [0, 0.05) is 35.2 Å². The third kappa shape index (κ3) is 5.89. The second-order valence-electron chi connectivity index (χ2n) is 13.3. The van der Waals surface area contributed by atoms with Crippen LogP contribution in [0.5, 0.6) is 5.75 Å². The highest BCUT2D eigenvalue weighted by atomic mass is 19.1. The highest BCUT2D eigenvalue weighted by Crippen LogP contribution is 2.58. The number of methoxy groups -OCH3 is 1. The predicted octanol–water partition coefficient (Wildman–Crippen LogP) is 5.46. The van der Waals surface area contributed by atoms with E-state index in [9.17, 15) is 19.5 Å². The molecule has 0 aliphatic carbocycles. The summed E-state index contributed by atoms with van der Waals surface area (Å²) in [6.07, 6.45) is 0.602. The van der Waals surface area contributed by atoms with Crippen LogP contribution in [0.4, 0.5) is 15.8 Å². The van der Waals surface area contributed by atoms with Crippen molar-refractivity contribution >= 4 is 29.1 Å². The normalized spacial score (nSPS) is 25.4. The molecule has 3 aliphatic rings. The molecule has 10 heteroatoms. The number of amides is 3. The maximum atomic E-state index is 16.0. The molecule has 3 amide bonds. The number of para-hydroxylation sites is 1. The van der Waals surface area contributed by atoms with Gasteiger partial charge in [0.2, 0.25) is 5.91 Å². The van der Waals surface area contributed by atoms with E-state index >= 15 is 4.39 Å². The Morgan fingerprint density at radius 3 is 2.55 bits per heavy atom. The number of aliphatic hydroxyl groups excluding tert-OH is 1. The summed E-state index contributed by atoms with van der Waals surface area (Å²) in [6.45, 7) is 5.42. The van der Waals surface area contributed by atoms with Gasteiger partial charge in [-0.2, -0.15) is 0 Å². The fourth-order valence-electron chi connectivity index (χ4n) is 7.88. The molecule has 3 aromatic rings. The Balaban J connectivity index is 1.27. The highest BCUT2D eigenvalue weighted by molar-refractivity contribution is 6.08. The second-order valence-corrected chi connectivity index (χ2v) is 13.3. The summed E-state index contributed by atoms with van der Waals surface area (Å²) in [7, 11) is 1.56. The zero-order chi connectivity index (χ0) is 33.5. The Bertz CT molecular complexity index is 1660. The topological polar surface area (TPSA) is 108 Å². The quantitative estimate of drug-likeness (QED) is 0.321. The zero-order valence-corrected chi connectivity index (χ0v) is 27.2. The number of fused-ring (bicyclic) bond motifs is 2. The number of anilines is 2.